The van der Waals surface area contributed by atoms with Crippen molar-refractivity contribution >= 4 is 41.3 Å². The van der Waals surface area contributed by atoms with Crippen LogP contribution in [0.5, 0.6) is 0 Å². The Morgan fingerprint density at radius 2 is 2.04 bits per heavy atom. The van der Waals surface area contributed by atoms with Crippen LogP contribution in [0.2, 0.25) is 0 Å². The quantitative estimate of drug-likeness (QED) is 0.326. The molecule has 0 saturated carbocycles. The fourth-order valence-corrected chi connectivity index (χ4v) is 4.00. The van der Waals surface area contributed by atoms with Gasteiger partial charge in [0.1, 0.15) is 5.01 Å². The molecule has 0 amide bonds. The molecule has 1 aliphatic heterocycles. The van der Waals surface area contributed by atoms with Crippen LogP contribution in [-0.2, 0) is 6.54 Å². The first-order chi connectivity index (χ1) is 12.1. The minimum absolute atomic E-state index is 0. The summed E-state index contributed by atoms with van der Waals surface area (Å²) in [5.41, 5.74) is 1.17. The van der Waals surface area contributed by atoms with E-state index in [1.807, 2.05) is 0 Å². The monoisotopic (exact) mass is 493 g/mol. The van der Waals surface area contributed by atoms with Crippen molar-refractivity contribution < 1.29 is 0 Å². The highest BCUT2D eigenvalue weighted by atomic mass is 127. The average Bonchev–Trinajstić information content (AvgIpc) is 3.08. The van der Waals surface area contributed by atoms with Crippen molar-refractivity contribution in [3.8, 4) is 0 Å². The van der Waals surface area contributed by atoms with Gasteiger partial charge in [-0.1, -0.05) is 20.8 Å². The van der Waals surface area contributed by atoms with Gasteiger partial charge in [0.25, 0.3) is 0 Å². The van der Waals surface area contributed by atoms with Gasteiger partial charge in [0.2, 0.25) is 0 Å². The summed E-state index contributed by atoms with van der Waals surface area (Å²) < 4.78 is 0. The van der Waals surface area contributed by atoms with Crippen LogP contribution < -0.4 is 10.6 Å². The predicted octanol–water partition coefficient (Wildman–Crippen LogP) is 4.06. The topological polar surface area (TPSA) is 52.5 Å². The van der Waals surface area contributed by atoms with Crippen molar-refractivity contribution in [2.45, 2.75) is 59.4 Å². The summed E-state index contributed by atoms with van der Waals surface area (Å²) in [6.07, 6.45) is 3.84. The van der Waals surface area contributed by atoms with E-state index in [4.69, 9.17) is 4.99 Å². The molecule has 0 bridgehead atoms. The third kappa shape index (κ3) is 8.08. The number of hydrogen-bond donors (Lipinski definition) is 2. The number of aliphatic imine (C=N–C) groups is 1. The van der Waals surface area contributed by atoms with Gasteiger partial charge in [-0.05, 0) is 57.7 Å². The van der Waals surface area contributed by atoms with Gasteiger partial charge in [0.15, 0.2) is 5.96 Å². The van der Waals surface area contributed by atoms with E-state index in [0.717, 1.165) is 30.0 Å². The molecule has 7 heteroatoms. The molecule has 0 aromatic carbocycles. The highest BCUT2D eigenvalue weighted by Gasteiger charge is 2.18. The van der Waals surface area contributed by atoms with Crippen LogP contribution in [0.3, 0.4) is 0 Å². The molecule has 150 valence electrons. The van der Waals surface area contributed by atoms with E-state index in [9.17, 15) is 0 Å². The van der Waals surface area contributed by atoms with Crippen molar-refractivity contribution in [2.75, 3.05) is 32.7 Å². The van der Waals surface area contributed by atoms with Crippen molar-refractivity contribution in [3.63, 3.8) is 0 Å². The second kappa shape index (κ2) is 12.9. The van der Waals surface area contributed by atoms with Crippen LogP contribution >= 0.6 is 35.3 Å². The fraction of sp³-hybridized carbons (Fsp3) is 0.789. The van der Waals surface area contributed by atoms with E-state index in [2.05, 4.69) is 53.6 Å². The fourth-order valence-electron chi connectivity index (χ4n) is 3.12. The lowest BCUT2D eigenvalue weighted by Gasteiger charge is -2.32. The first-order valence-electron chi connectivity index (χ1n) is 9.81. The zero-order valence-corrected chi connectivity index (χ0v) is 19.9. The maximum atomic E-state index is 4.72. The zero-order chi connectivity index (χ0) is 18.1. The number of hydrogen-bond acceptors (Lipinski definition) is 4. The second-order valence-corrected chi connectivity index (χ2v) is 8.12. The minimum Gasteiger partial charge on any atom is -0.357 e. The van der Waals surface area contributed by atoms with Gasteiger partial charge < -0.3 is 15.5 Å². The van der Waals surface area contributed by atoms with E-state index in [0.29, 0.717) is 12.5 Å². The van der Waals surface area contributed by atoms with E-state index >= 15 is 0 Å². The molecule has 2 heterocycles. The number of halogens is 1. The Morgan fingerprint density at radius 3 is 2.62 bits per heavy atom. The largest absolute Gasteiger partial charge is 0.357 e. The SMILES string of the molecule is CCCN1CCC(CNC(=NCc2nc(C(C)C)cs2)NCC)CC1.I. The number of rotatable bonds is 8. The van der Waals surface area contributed by atoms with Crippen molar-refractivity contribution in [1.29, 1.82) is 0 Å². The molecule has 1 aromatic heterocycles. The van der Waals surface area contributed by atoms with Crippen LogP contribution in [0.15, 0.2) is 10.4 Å². The molecule has 0 atom stereocenters. The second-order valence-electron chi connectivity index (χ2n) is 7.18. The first-order valence-corrected chi connectivity index (χ1v) is 10.7. The van der Waals surface area contributed by atoms with Gasteiger partial charge in [-0.3, -0.25) is 0 Å². The molecule has 5 nitrogen and oxygen atoms in total. The third-order valence-electron chi connectivity index (χ3n) is 4.68. The van der Waals surface area contributed by atoms with E-state index in [-0.39, 0.29) is 24.0 Å². The number of guanidine groups is 1. The average molecular weight is 494 g/mol. The van der Waals surface area contributed by atoms with Gasteiger partial charge in [-0.15, -0.1) is 35.3 Å². The highest BCUT2D eigenvalue weighted by Crippen LogP contribution is 2.18. The summed E-state index contributed by atoms with van der Waals surface area (Å²) in [4.78, 5) is 12.0. The molecule has 1 saturated heterocycles. The van der Waals surface area contributed by atoms with Crippen molar-refractivity contribution in [2.24, 2.45) is 10.9 Å². The Morgan fingerprint density at radius 1 is 1.31 bits per heavy atom. The molecule has 2 N–H and O–H groups in total. The van der Waals surface area contributed by atoms with E-state index < -0.39 is 0 Å². The summed E-state index contributed by atoms with van der Waals surface area (Å²) in [6, 6.07) is 0. The first kappa shape index (κ1) is 23.6. The van der Waals surface area contributed by atoms with Crippen molar-refractivity contribution in [3.05, 3.63) is 16.1 Å². The van der Waals surface area contributed by atoms with Gasteiger partial charge in [-0.2, -0.15) is 0 Å². The number of nitrogens with zero attached hydrogens (tertiary/aromatic N) is 3. The molecular formula is C19H36IN5S. The Balaban J connectivity index is 0.00000338. The molecular weight excluding hydrogens is 457 g/mol. The molecule has 0 unspecified atom stereocenters. The Bertz CT molecular complexity index is 524. The molecule has 0 radical (unpaired) electrons. The maximum absolute atomic E-state index is 4.72. The third-order valence-corrected chi connectivity index (χ3v) is 5.53. The Kier molecular flexibility index (Phi) is 11.7. The van der Waals surface area contributed by atoms with Crippen LogP contribution in [0.1, 0.15) is 63.6 Å². The Hall–Kier alpha value is -0.410. The summed E-state index contributed by atoms with van der Waals surface area (Å²) in [6.45, 7) is 15.0. The number of aromatic nitrogens is 1. The predicted molar refractivity (Wildman–Crippen MR) is 124 cm³/mol. The van der Waals surface area contributed by atoms with Crippen LogP contribution in [-0.4, -0.2) is 48.6 Å². The lowest BCUT2D eigenvalue weighted by atomic mass is 9.97. The molecule has 1 aromatic rings. The highest BCUT2D eigenvalue weighted by molar-refractivity contribution is 14.0. The standard InChI is InChI=1S/C19H35N5S.HI/c1-5-9-24-10-7-16(8-11-24)12-21-19(20-6-2)22-13-18-23-17(14-25-18)15(3)4;/h14-16H,5-13H2,1-4H3,(H2,20,21,22);1H. The summed E-state index contributed by atoms with van der Waals surface area (Å²) in [7, 11) is 0. The molecule has 1 aliphatic rings. The normalized spacial score (nSPS) is 16.6. The lowest BCUT2D eigenvalue weighted by molar-refractivity contribution is 0.185. The number of piperidine rings is 1. The van der Waals surface area contributed by atoms with Gasteiger partial charge in [-0.25, -0.2) is 9.98 Å². The van der Waals surface area contributed by atoms with Crippen LogP contribution in [0.25, 0.3) is 0 Å². The molecule has 1 fully saturated rings. The van der Waals surface area contributed by atoms with E-state index in [1.165, 1.54) is 44.6 Å². The summed E-state index contributed by atoms with van der Waals surface area (Å²) in [5, 5.41) is 10.1. The number of thiazole rings is 1. The molecule has 26 heavy (non-hydrogen) atoms. The van der Waals surface area contributed by atoms with E-state index in [1.54, 1.807) is 11.3 Å². The Labute approximate surface area is 180 Å². The molecule has 0 aliphatic carbocycles. The van der Waals surface area contributed by atoms with Crippen molar-refractivity contribution in [1.82, 2.24) is 20.5 Å². The summed E-state index contributed by atoms with van der Waals surface area (Å²) in [5.74, 6) is 2.16. The smallest absolute Gasteiger partial charge is 0.191 e. The zero-order valence-electron chi connectivity index (χ0n) is 16.8. The number of nitrogens with one attached hydrogen (secondary N) is 2. The number of likely N-dealkylation sites (tertiary alicyclic amines) is 1. The minimum atomic E-state index is 0. The van der Waals surface area contributed by atoms with Gasteiger partial charge >= 0.3 is 0 Å². The van der Waals surface area contributed by atoms with Crippen LogP contribution in [0.4, 0.5) is 0 Å². The molecule has 2 rings (SSSR count). The van der Waals surface area contributed by atoms with Gasteiger partial charge in [0, 0.05) is 18.5 Å². The van der Waals surface area contributed by atoms with Crippen LogP contribution in [0, 0.1) is 5.92 Å². The van der Waals surface area contributed by atoms with Gasteiger partial charge in [0.05, 0.1) is 12.2 Å². The molecule has 0 spiro atoms. The lowest BCUT2D eigenvalue weighted by Crippen LogP contribution is -2.43. The summed E-state index contributed by atoms with van der Waals surface area (Å²) >= 11 is 1.71. The maximum Gasteiger partial charge on any atom is 0.191 e.